The maximum Gasteiger partial charge on any atom is 0.225 e. The summed E-state index contributed by atoms with van der Waals surface area (Å²) < 4.78 is 0. The molecule has 4 rings (SSSR count). The van der Waals surface area contributed by atoms with E-state index < -0.39 is 0 Å². The van der Waals surface area contributed by atoms with Crippen LogP contribution in [0.25, 0.3) is 0 Å². The van der Waals surface area contributed by atoms with Crippen molar-refractivity contribution in [1.29, 1.82) is 0 Å². The van der Waals surface area contributed by atoms with Crippen molar-refractivity contribution in [2.45, 2.75) is 58.0 Å². The largest absolute Gasteiger partial charge is 0.310 e. The fourth-order valence-electron chi connectivity index (χ4n) is 4.33. The summed E-state index contributed by atoms with van der Waals surface area (Å²) in [7, 11) is 0. The molecule has 5 nitrogen and oxygen atoms in total. The summed E-state index contributed by atoms with van der Waals surface area (Å²) in [5, 5.41) is 3.07. The summed E-state index contributed by atoms with van der Waals surface area (Å²) in [5.74, 6) is 1.37. The van der Waals surface area contributed by atoms with E-state index in [2.05, 4.69) is 44.5 Å². The summed E-state index contributed by atoms with van der Waals surface area (Å²) in [5.41, 5.74) is 3.47. The molecule has 1 aromatic heterocycles. The zero-order valence-corrected chi connectivity index (χ0v) is 15.9. The lowest BCUT2D eigenvalue weighted by molar-refractivity contribution is -0.117. The smallest absolute Gasteiger partial charge is 0.225 e. The number of hydrogen-bond donors (Lipinski definition) is 1. The van der Waals surface area contributed by atoms with Gasteiger partial charge in [0.15, 0.2) is 0 Å². The van der Waals surface area contributed by atoms with Gasteiger partial charge in [0.05, 0.1) is 5.69 Å². The molecular weight excluding hydrogens is 336 g/mol. The Hall–Kier alpha value is -2.27. The van der Waals surface area contributed by atoms with Crippen molar-refractivity contribution in [3.05, 3.63) is 53.5 Å². The third-order valence-electron chi connectivity index (χ3n) is 5.79. The molecule has 1 aliphatic carbocycles. The van der Waals surface area contributed by atoms with Gasteiger partial charge in [-0.2, -0.15) is 0 Å². The van der Waals surface area contributed by atoms with Gasteiger partial charge in [0.25, 0.3) is 0 Å². The van der Waals surface area contributed by atoms with Gasteiger partial charge in [-0.25, -0.2) is 9.97 Å². The first-order valence-electron chi connectivity index (χ1n) is 10.2. The van der Waals surface area contributed by atoms with Crippen LogP contribution in [0.5, 0.6) is 0 Å². The lowest BCUT2D eigenvalue weighted by Gasteiger charge is -2.29. The number of nitrogens with one attached hydrogen (secondary N) is 1. The van der Waals surface area contributed by atoms with Gasteiger partial charge in [0.2, 0.25) is 5.91 Å². The highest BCUT2D eigenvalue weighted by atomic mass is 16.1. The summed E-state index contributed by atoms with van der Waals surface area (Å²) in [6.45, 7) is 2.69. The molecule has 1 saturated carbocycles. The van der Waals surface area contributed by atoms with Crippen LogP contribution in [0.4, 0.5) is 5.82 Å². The molecule has 2 heterocycles. The molecule has 0 bridgehead atoms. The summed E-state index contributed by atoms with van der Waals surface area (Å²) in [4.78, 5) is 23.8. The van der Waals surface area contributed by atoms with Crippen LogP contribution in [0.2, 0.25) is 0 Å². The highest BCUT2D eigenvalue weighted by Crippen LogP contribution is 2.28. The molecule has 0 saturated heterocycles. The molecule has 0 atom stereocenters. The fourth-order valence-corrected chi connectivity index (χ4v) is 4.33. The van der Waals surface area contributed by atoms with Crippen LogP contribution in [-0.2, 0) is 24.3 Å². The predicted molar refractivity (Wildman–Crippen MR) is 106 cm³/mol. The Labute approximate surface area is 161 Å². The minimum Gasteiger partial charge on any atom is -0.310 e. The molecule has 142 valence electrons. The molecule has 0 radical (unpaired) electrons. The van der Waals surface area contributed by atoms with Crippen molar-refractivity contribution >= 4 is 11.7 Å². The van der Waals surface area contributed by atoms with Gasteiger partial charge in [-0.1, -0.05) is 49.6 Å². The third-order valence-corrected chi connectivity index (χ3v) is 5.79. The van der Waals surface area contributed by atoms with Gasteiger partial charge in [0.1, 0.15) is 12.1 Å². The first-order chi connectivity index (χ1) is 13.3. The van der Waals surface area contributed by atoms with E-state index in [1.165, 1.54) is 37.7 Å². The quantitative estimate of drug-likeness (QED) is 0.873. The number of benzene rings is 1. The third kappa shape index (κ3) is 4.72. The first-order valence-corrected chi connectivity index (χ1v) is 10.2. The summed E-state index contributed by atoms with van der Waals surface area (Å²) in [6.07, 6.45) is 9.29. The maximum absolute atomic E-state index is 12.5. The Balaban J connectivity index is 1.38. The molecule has 2 aliphatic rings. The molecule has 1 amide bonds. The Morgan fingerprint density at radius 1 is 1.11 bits per heavy atom. The fraction of sp³-hybridized carbons (Fsp3) is 0.500. The van der Waals surface area contributed by atoms with E-state index in [1.807, 2.05) is 6.07 Å². The molecule has 27 heavy (non-hydrogen) atoms. The summed E-state index contributed by atoms with van der Waals surface area (Å²) >= 11 is 0. The number of anilines is 1. The molecule has 1 N–H and O–H groups in total. The SMILES string of the molecule is O=C(CC1CCCCC1)Nc1ncnc2c1CCN(Cc1ccccc1)C2. The second kappa shape index (κ2) is 8.61. The van der Waals surface area contributed by atoms with Gasteiger partial charge in [-0.05, 0) is 30.7 Å². The minimum atomic E-state index is 0.106. The van der Waals surface area contributed by atoms with Crippen LogP contribution in [0.15, 0.2) is 36.7 Å². The number of aromatic nitrogens is 2. The average Bonchev–Trinajstić information content (AvgIpc) is 2.69. The van der Waals surface area contributed by atoms with Crippen molar-refractivity contribution in [2.24, 2.45) is 5.92 Å². The molecular formula is C22H28N4O. The zero-order valence-electron chi connectivity index (χ0n) is 15.9. The number of fused-ring (bicyclic) bond motifs is 1. The lowest BCUT2D eigenvalue weighted by atomic mass is 9.87. The van der Waals surface area contributed by atoms with E-state index in [-0.39, 0.29) is 5.91 Å². The molecule has 1 aliphatic heterocycles. The molecule has 0 spiro atoms. The number of nitrogens with zero attached hydrogens (tertiary/aromatic N) is 3. The highest BCUT2D eigenvalue weighted by Gasteiger charge is 2.23. The summed E-state index contributed by atoms with van der Waals surface area (Å²) in [6, 6.07) is 10.5. The van der Waals surface area contributed by atoms with E-state index in [9.17, 15) is 4.79 Å². The number of hydrogen-bond acceptors (Lipinski definition) is 4. The van der Waals surface area contributed by atoms with Crippen LogP contribution < -0.4 is 5.32 Å². The Kier molecular flexibility index (Phi) is 5.78. The van der Waals surface area contributed by atoms with E-state index in [1.54, 1.807) is 6.33 Å². The highest BCUT2D eigenvalue weighted by molar-refractivity contribution is 5.90. The molecule has 1 aromatic carbocycles. The van der Waals surface area contributed by atoms with Crippen LogP contribution >= 0.6 is 0 Å². The number of amides is 1. The van der Waals surface area contributed by atoms with Crippen molar-refractivity contribution in [2.75, 3.05) is 11.9 Å². The van der Waals surface area contributed by atoms with Crippen LogP contribution in [0.3, 0.4) is 0 Å². The monoisotopic (exact) mass is 364 g/mol. The van der Waals surface area contributed by atoms with Crippen LogP contribution in [0.1, 0.15) is 55.3 Å². The van der Waals surface area contributed by atoms with E-state index >= 15 is 0 Å². The molecule has 0 unspecified atom stereocenters. The zero-order chi connectivity index (χ0) is 18.5. The minimum absolute atomic E-state index is 0.106. The Morgan fingerprint density at radius 2 is 1.93 bits per heavy atom. The number of carbonyl (C=O) groups excluding carboxylic acids is 1. The van der Waals surface area contributed by atoms with Crippen LogP contribution in [0, 0.1) is 5.92 Å². The van der Waals surface area contributed by atoms with Gasteiger partial charge >= 0.3 is 0 Å². The van der Waals surface area contributed by atoms with E-state index in [0.29, 0.717) is 12.3 Å². The molecule has 1 fully saturated rings. The first kappa shape index (κ1) is 18.1. The second-order valence-corrected chi connectivity index (χ2v) is 7.85. The topological polar surface area (TPSA) is 58.1 Å². The Morgan fingerprint density at radius 3 is 2.74 bits per heavy atom. The Bertz CT molecular complexity index is 771. The van der Waals surface area contributed by atoms with Gasteiger partial charge in [0, 0.05) is 31.6 Å². The number of rotatable bonds is 5. The second-order valence-electron chi connectivity index (χ2n) is 7.85. The number of carbonyl (C=O) groups is 1. The van der Waals surface area contributed by atoms with Crippen molar-refractivity contribution < 1.29 is 4.79 Å². The van der Waals surface area contributed by atoms with Gasteiger partial charge < -0.3 is 5.32 Å². The van der Waals surface area contributed by atoms with Crippen molar-refractivity contribution in [3.8, 4) is 0 Å². The lowest BCUT2D eigenvalue weighted by Crippen LogP contribution is -2.32. The molecule has 5 heteroatoms. The van der Waals surface area contributed by atoms with E-state index in [4.69, 9.17) is 0 Å². The van der Waals surface area contributed by atoms with Crippen LogP contribution in [-0.4, -0.2) is 27.3 Å². The van der Waals surface area contributed by atoms with Gasteiger partial charge in [-0.3, -0.25) is 9.69 Å². The normalized spacial score (nSPS) is 18.1. The van der Waals surface area contributed by atoms with E-state index in [0.717, 1.165) is 43.1 Å². The standard InChI is InChI=1S/C22H28N4O/c27-21(13-17-7-3-1-4-8-17)25-22-19-11-12-26(15-20(19)23-16-24-22)14-18-9-5-2-6-10-18/h2,5-6,9-10,16-17H,1,3-4,7-8,11-15H2,(H,23,24,25,27). The van der Waals surface area contributed by atoms with Crippen molar-refractivity contribution in [3.63, 3.8) is 0 Å². The predicted octanol–water partition coefficient (Wildman–Crippen LogP) is 3.94. The van der Waals surface area contributed by atoms with Crippen molar-refractivity contribution in [1.82, 2.24) is 14.9 Å². The maximum atomic E-state index is 12.5. The average molecular weight is 364 g/mol. The van der Waals surface area contributed by atoms with Gasteiger partial charge in [-0.15, -0.1) is 0 Å². The molecule has 2 aromatic rings.